The van der Waals surface area contributed by atoms with E-state index in [2.05, 4.69) is 18.8 Å². The van der Waals surface area contributed by atoms with Gasteiger partial charge in [0.15, 0.2) is 0 Å². The number of rotatable bonds is 1. The number of aryl methyl sites for hydroxylation is 1. The van der Waals surface area contributed by atoms with E-state index in [0.29, 0.717) is 12.2 Å². The molecule has 1 aliphatic carbocycles. The van der Waals surface area contributed by atoms with Gasteiger partial charge in [-0.25, -0.2) is 4.98 Å². The van der Waals surface area contributed by atoms with Gasteiger partial charge < -0.3 is 4.57 Å². The lowest BCUT2D eigenvalue weighted by Gasteiger charge is -2.37. The van der Waals surface area contributed by atoms with E-state index in [0.717, 1.165) is 18.7 Å². The minimum absolute atomic E-state index is 0.188. The fourth-order valence-electron chi connectivity index (χ4n) is 2.40. The summed E-state index contributed by atoms with van der Waals surface area (Å²) in [6.07, 6.45) is 6.12. The van der Waals surface area contributed by atoms with E-state index in [9.17, 15) is 4.79 Å². The molecule has 1 aromatic heterocycles. The monoisotopic (exact) mass is 206 g/mol. The molecule has 3 heteroatoms. The zero-order valence-electron chi connectivity index (χ0n) is 9.66. The molecule has 1 atom stereocenters. The van der Waals surface area contributed by atoms with E-state index in [1.165, 1.54) is 0 Å². The first-order chi connectivity index (χ1) is 7.00. The second kappa shape index (κ2) is 3.47. The van der Waals surface area contributed by atoms with E-state index in [1.807, 2.05) is 24.0 Å². The number of ketones is 1. The summed E-state index contributed by atoms with van der Waals surface area (Å²) in [6, 6.07) is 0. The summed E-state index contributed by atoms with van der Waals surface area (Å²) in [4.78, 5) is 15.9. The van der Waals surface area contributed by atoms with Crippen LogP contribution in [0.5, 0.6) is 0 Å². The first kappa shape index (κ1) is 10.4. The maximum Gasteiger partial charge on any atom is 0.133 e. The highest BCUT2D eigenvalue weighted by Crippen LogP contribution is 2.44. The minimum Gasteiger partial charge on any atom is -0.338 e. The van der Waals surface area contributed by atoms with Crippen LogP contribution in [0.4, 0.5) is 0 Å². The Morgan fingerprint density at radius 2 is 2.27 bits per heavy atom. The summed E-state index contributed by atoms with van der Waals surface area (Å²) in [7, 11) is 2.00. The molecule has 0 N–H and O–H groups in total. The van der Waals surface area contributed by atoms with Crippen molar-refractivity contribution in [1.29, 1.82) is 0 Å². The Morgan fingerprint density at radius 1 is 1.53 bits per heavy atom. The Kier molecular flexibility index (Phi) is 2.41. The standard InChI is InChI=1S/C12H18N2O/c1-12(2)5-4-9(15)8-10(12)11-13-6-7-14(11)3/h6-7,10H,4-5,8H2,1-3H3. The van der Waals surface area contributed by atoms with Crippen LogP contribution in [-0.4, -0.2) is 15.3 Å². The lowest BCUT2D eigenvalue weighted by molar-refractivity contribution is -0.122. The van der Waals surface area contributed by atoms with Crippen LogP contribution >= 0.6 is 0 Å². The van der Waals surface area contributed by atoms with Gasteiger partial charge in [0, 0.05) is 38.2 Å². The Bertz CT molecular complexity index is 379. The second-order valence-electron chi connectivity index (χ2n) is 5.18. The highest BCUT2D eigenvalue weighted by Gasteiger charge is 2.38. The Labute approximate surface area is 90.5 Å². The van der Waals surface area contributed by atoms with Crippen LogP contribution in [-0.2, 0) is 11.8 Å². The van der Waals surface area contributed by atoms with Crippen molar-refractivity contribution in [3.05, 3.63) is 18.2 Å². The predicted octanol–water partition coefficient (Wildman–Crippen LogP) is 2.28. The zero-order valence-corrected chi connectivity index (χ0v) is 9.66. The van der Waals surface area contributed by atoms with Crippen molar-refractivity contribution in [3.63, 3.8) is 0 Å². The van der Waals surface area contributed by atoms with Gasteiger partial charge in [0.1, 0.15) is 11.6 Å². The fourth-order valence-corrected chi connectivity index (χ4v) is 2.40. The molecule has 0 amide bonds. The maximum atomic E-state index is 11.5. The van der Waals surface area contributed by atoms with Gasteiger partial charge in [-0.1, -0.05) is 13.8 Å². The fraction of sp³-hybridized carbons (Fsp3) is 0.667. The quantitative estimate of drug-likeness (QED) is 0.706. The maximum absolute atomic E-state index is 11.5. The molecule has 2 rings (SSSR count). The largest absolute Gasteiger partial charge is 0.338 e. The lowest BCUT2D eigenvalue weighted by Crippen LogP contribution is -2.32. The molecule has 82 valence electrons. The van der Waals surface area contributed by atoms with Gasteiger partial charge in [-0.2, -0.15) is 0 Å². The molecule has 1 aliphatic rings. The van der Waals surface area contributed by atoms with Crippen molar-refractivity contribution in [2.24, 2.45) is 12.5 Å². The molecular weight excluding hydrogens is 188 g/mol. The van der Waals surface area contributed by atoms with Crippen molar-refractivity contribution in [2.75, 3.05) is 0 Å². The SMILES string of the molecule is Cn1ccnc1C1CC(=O)CCC1(C)C. The van der Waals surface area contributed by atoms with Crippen LogP contribution in [0.15, 0.2) is 12.4 Å². The molecule has 0 spiro atoms. The zero-order chi connectivity index (χ0) is 11.1. The van der Waals surface area contributed by atoms with Gasteiger partial charge in [-0.05, 0) is 11.8 Å². The van der Waals surface area contributed by atoms with Crippen LogP contribution in [0, 0.1) is 5.41 Å². The van der Waals surface area contributed by atoms with E-state index in [-0.39, 0.29) is 11.3 Å². The number of aromatic nitrogens is 2. The Balaban J connectivity index is 2.33. The van der Waals surface area contributed by atoms with Crippen LogP contribution < -0.4 is 0 Å². The third-order valence-corrected chi connectivity index (χ3v) is 3.59. The minimum atomic E-state index is 0.188. The smallest absolute Gasteiger partial charge is 0.133 e. The molecule has 1 aromatic rings. The third kappa shape index (κ3) is 1.83. The summed E-state index contributed by atoms with van der Waals surface area (Å²) < 4.78 is 2.03. The highest BCUT2D eigenvalue weighted by atomic mass is 16.1. The summed E-state index contributed by atoms with van der Waals surface area (Å²) >= 11 is 0. The summed E-state index contributed by atoms with van der Waals surface area (Å²) in [5.74, 6) is 1.70. The molecule has 1 fully saturated rings. The summed E-state index contributed by atoms with van der Waals surface area (Å²) in [5.41, 5.74) is 0.188. The first-order valence-corrected chi connectivity index (χ1v) is 5.49. The average molecular weight is 206 g/mol. The molecular formula is C12H18N2O. The van der Waals surface area contributed by atoms with Crippen LogP contribution in [0.25, 0.3) is 0 Å². The molecule has 0 aromatic carbocycles. The van der Waals surface area contributed by atoms with Gasteiger partial charge in [-0.3, -0.25) is 4.79 Å². The van der Waals surface area contributed by atoms with Crippen LogP contribution in [0.2, 0.25) is 0 Å². The van der Waals surface area contributed by atoms with Crippen molar-refractivity contribution in [1.82, 2.24) is 9.55 Å². The molecule has 0 saturated heterocycles. The van der Waals surface area contributed by atoms with Crippen molar-refractivity contribution >= 4 is 5.78 Å². The van der Waals surface area contributed by atoms with E-state index in [4.69, 9.17) is 0 Å². The lowest BCUT2D eigenvalue weighted by atomic mass is 9.68. The Morgan fingerprint density at radius 3 is 2.87 bits per heavy atom. The molecule has 1 unspecified atom stereocenters. The number of carbonyl (C=O) groups is 1. The molecule has 0 aliphatic heterocycles. The topological polar surface area (TPSA) is 34.9 Å². The molecule has 1 saturated carbocycles. The van der Waals surface area contributed by atoms with Gasteiger partial charge in [0.05, 0.1) is 0 Å². The van der Waals surface area contributed by atoms with E-state index >= 15 is 0 Å². The number of hydrogen-bond acceptors (Lipinski definition) is 2. The molecule has 1 heterocycles. The molecule has 15 heavy (non-hydrogen) atoms. The number of nitrogens with zero attached hydrogens (tertiary/aromatic N) is 2. The van der Waals surface area contributed by atoms with E-state index < -0.39 is 0 Å². The predicted molar refractivity (Wildman–Crippen MR) is 58.6 cm³/mol. The highest BCUT2D eigenvalue weighted by molar-refractivity contribution is 5.80. The summed E-state index contributed by atoms with van der Waals surface area (Å²) in [5, 5.41) is 0. The van der Waals surface area contributed by atoms with Gasteiger partial charge in [0.25, 0.3) is 0 Å². The van der Waals surface area contributed by atoms with Crippen LogP contribution in [0.1, 0.15) is 44.9 Å². The van der Waals surface area contributed by atoms with Gasteiger partial charge >= 0.3 is 0 Å². The molecule has 0 bridgehead atoms. The number of Topliss-reactive ketones (excluding diaryl/α,β-unsaturated/α-hetero) is 1. The Hall–Kier alpha value is -1.12. The normalized spacial score (nSPS) is 25.5. The molecule has 3 nitrogen and oxygen atoms in total. The van der Waals surface area contributed by atoms with Crippen molar-refractivity contribution < 1.29 is 4.79 Å². The third-order valence-electron chi connectivity index (χ3n) is 3.59. The van der Waals surface area contributed by atoms with Gasteiger partial charge in [0.2, 0.25) is 0 Å². The van der Waals surface area contributed by atoms with E-state index in [1.54, 1.807) is 0 Å². The number of carbonyl (C=O) groups excluding carboxylic acids is 1. The first-order valence-electron chi connectivity index (χ1n) is 5.49. The van der Waals surface area contributed by atoms with Crippen molar-refractivity contribution in [2.45, 2.75) is 39.0 Å². The average Bonchev–Trinajstić information content (AvgIpc) is 2.56. The second-order valence-corrected chi connectivity index (χ2v) is 5.18. The molecule has 0 radical (unpaired) electrons. The van der Waals surface area contributed by atoms with Crippen LogP contribution in [0.3, 0.4) is 0 Å². The summed E-state index contributed by atoms with van der Waals surface area (Å²) in [6.45, 7) is 4.47. The van der Waals surface area contributed by atoms with Crippen molar-refractivity contribution in [3.8, 4) is 0 Å². The number of imidazole rings is 1. The number of hydrogen-bond donors (Lipinski definition) is 0. The van der Waals surface area contributed by atoms with Gasteiger partial charge in [-0.15, -0.1) is 0 Å².